The first-order chi connectivity index (χ1) is 13.4. The molecule has 0 atom stereocenters. The largest absolute Gasteiger partial charge is 0.462 e. The number of carbonyl (C=O) groups excluding carboxylic acids is 3. The number of carbonyl (C=O) groups is 3. The maximum absolute atomic E-state index is 12.3. The molecule has 1 amide bonds. The van der Waals surface area contributed by atoms with Gasteiger partial charge in [-0.25, -0.2) is 9.59 Å². The van der Waals surface area contributed by atoms with Gasteiger partial charge in [-0.15, -0.1) is 16.4 Å². The van der Waals surface area contributed by atoms with E-state index >= 15 is 0 Å². The van der Waals surface area contributed by atoms with Crippen LogP contribution in [0.15, 0.2) is 16.1 Å². The predicted molar refractivity (Wildman–Crippen MR) is 103 cm³/mol. The van der Waals surface area contributed by atoms with Crippen LogP contribution in [-0.2, 0) is 14.3 Å². The molecule has 0 aromatic carbocycles. The smallest absolute Gasteiger partial charge is 0.348 e. The average molecular weight is 426 g/mol. The van der Waals surface area contributed by atoms with E-state index in [1.807, 2.05) is 0 Å². The summed E-state index contributed by atoms with van der Waals surface area (Å²) in [4.78, 5) is 50.5. The number of H-pyrrole nitrogens is 1. The Balaban J connectivity index is 2.21. The molecular formula is C16H18N4O6S2. The molecule has 2 aromatic heterocycles. The van der Waals surface area contributed by atoms with E-state index in [0.29, 0.717) is 5.56 Å². The topological polar surface area (TPSA) is 140 Å². The molecule has 12 heteroatoms. The van der Waals surface area contributed by atoms with Crippen LogP contribution in [0.4, 0.5) is 5.00 Å². The Morgan fingerprint density at radius 1 is 1.21 bits per heavy atom. The van der Waals surface area contributed by atoms with Gasteiger partial charge in [-0.05, 0) is 26.3 Å². The van der Waals surface area contributed by atoms with E-state index in [1.54, 1.807) is 20.8 Å². The minimum absolute atomic E-state index is 0.0947. The lowest BCUT2D eigenvalue weighted by Gasteiger charge is -2.06. The van der Waals surface area contributed by atoms with Crippen molar-refractivity contribution >= 4 is 45.9 Å². The van der Waals surface area contributed by atoms with Crippen molar-refractivity contribution in [2.75, 3.05) is 24.3 Å². The highest BCUT2D eigenvalue weighted by molar-refractivity contribution is 7.99. The zero-order chi connectivity index (χ0) is 20.7. The number of thiophene rings is 1. The van der Waals surface area contributed by atoms with Gasteiger partial charge < -0.3 is 14.8 Å². The van der Waals surface area contributed by atoms with Crippen LogP contribution >= 0.6 is 23.1 Å². The first kappa shape index (κ1) is 21.6. The second kappa shape index (κ2) is 9.99. The number of nitrogens with zero attached hydrogens (tertiary/aromatic N) is 2. The standard InChI is InChI=1S/C16H18N4O6S2/c1-4-25-14(23)11-8(3)12(15(24)26-5-2)28-13(11)18-10(22)7-27-16-19-9(21)6-17-20-16/h6H,4-5,7H2,1-3H3,(H,18,22)(H,19,20,21). The van der Waals surface area contributed by atoms with Crippen LogP contribution in [0.1, 0.15) is 39.4 Å². The molecule has 0 fully saturated rings. The molecule has 0 aliphatic rings. The fourth-order valence-electron chi connectivity index (χ4n) is 2.10. The minimum atomic E-state index is -0.645. The van der Waals surface area contributed by atoms with Crippen LogP contribution in [-0.4, -0.2) is 52.0 Å². The SMILES string of the molecule is CCOC(=O)c1sc(NC(=O)CSc2nncc(=O)[nH]2)c(C(=O)OCC)c1C. The molecule has 10 nitrogen and oxygen atoms in total. The Kier molecular flexibility index (Phi) is 7.70. The zero-order valence-electron chi connectivity index (χ0n) is 15.4. The second-order valence-corrected chi connectivity index (χ2v) is 7.16. The van der Waals surface area contributed by atoms with Gasteiger partial charge in [0.05, 0.1) is 24.5 Å². The van der Waals surface area contributed by atoms with Crippen molar-refractivity contribution in [1.29, 1.82) is 0 Å². The monoisotopic (exact) mass is 426 g/mol. The Labute approximate surface area is 168 Å². The number of hydrogen-bond donors (Lipinski definition) is 2. The van der Waals surface area contributed by atoms with Crippen molar-refractivity contribution in [1.82, 2.24) is 15.2 Å². The van der Waals surface area contributed by atoms with Gasteiger partial charge in [-0.2, -0.15) is 5.10 Å². The van der Waals surface area contributed by atoms with Crippen LogP contribution in [0, 0.1) is 6.92 Å². The summed E-state index contributed by atoms with van der Waals surface area (Å²) in [5.74, 6) is -1.78. The molecule has 28 heavy (non-hydrogen) atoms. The number of rotatable bonds is 8. The zero-order valence-corrected chi connectivity index (χ0v) is 17.0. The van der Waals surface area contributed by atoms with E-state index in [1.165, 1.54) is 0 Å². The van der Waals surface area contributed by atoms with Gasteiger partial charge in [0.25, 0.3) is 5.56 Å². The maximum atomic E-state index is 12.3. The van der Waals surface area contributed by atoms with Crippen molar-refractivity contribution in [3.63, 3.8) is 0 Å². The summed E-state index contributed by atoms with van der Waals surface area (Å²) in [5, 5.41) is 10.2. The number of anilines is 1. The van der Waals surface area contributed by atoms with Gasteiger partial charge in [0.15, 0.2) is 5.16 Å². The quantitative estimate of drug-likeness (QED) is 0.476. The van der Waals surface area contributed by atoms with Gasteiger partial charge in [0, 0.05) is 0 Å². The third-order valence-electron chi connectivity index (χ3n) is 3.23. The molecule has 150 valence electrons. The Morgan fingerprint density at radius 3 is 2.54 bits per heavy atom. The van der Waals surface area contributed by atoms with Gasteiger partial charge in [0.1, 0.15) is 16.1 Å². The van der Waals surface area contributed by atoms with E-state index < -0.39 is 23.4 Å². The first-order valence-electron chi connectivity index (χ1n) is 8.19. The lowest BCUT2D eigenvalue weighted by molar-refractivity contribution is -0.113. The van der Waals surface area contributed by atoms with E-state index in [9.17, 15) is 19.2 Å². The van der Waals surface area contributed by atoms with Crippen molar-refractivity contribution in [2.24, 2.45) is 0 Å². The highest BCUT2D eigenvalue weighted by Crippen LogP contribution is 2.34. The molecule has 2 N–H and O–H groups in total. The molecule has 2 rings (SSSR count). The number of nitrogens with one attached hydrogen (secondary N) is 2. The van der Waals surface area contributed by atoms with Gasteiger partial charge in [-0.3, -0.25) is 14.6 Å². The third kappa shape index (κ3) is 5.39. The van der Waals surface area contributed by atoms with Crippen LogP contribution in [0.2, 0.25) is 0 Å². The van der Waals surface area contributed by atoms with Gasteiger partial charge >= 0.3 is 11.9 Å². The van der Waals surface area contributed by atoms with Crippen molar-refractivity contribution < 1.29 is 23.9 Å². The minimum Gasteiger partial charge on any atom is -0.462 e. The van der Waals surface area contributed by atoms with Crippen LogP contribution in [0.25, 0.3) is 0 Å². The third-order valence-corrected chi connectivity index (χ3v) is 5.28. The Bertz CT molecular complexity index is 939. The van der Waals surface area contributed by atoms with Crippen molar-refractivity contribution in [3.05, 3.63) is 32.6 Å². The fourth-order valence-corrected chi connectivity index (χ4v) is 3.82. The van der Waals surface area contributed by atoms with Gasteiger partial charge in [-0.1, -0.05) is 11.8 Å². The number of aromatic nitrogens is 3. The highest BCUT2D eigenvalue weighted by atomic mass is 32.2. The number of thioether (sulfide) groups is 1. The number of ether oxygens (including phenoxy) is 2. The van der Waals surface area contributed by atoms with E-state index in [2.05, 4.69) is 20.5 Å². The van der Waals surface area contributed by atoms with Crippen molar-refractivity contribution in [3.8, 4) is 0 Å². The summed E-state index contributed by atoms with van der Waals surface area (Å²) in [6.07, 6.45) is 1.01. The molecular weight excluding hydrogens is 408 g/mol. The molecule has 0 aliphatic carbocycles. The first-order valence-corrected chi connectivity index (χ1v) is 9.99. The Morgan fingerprint density at radius 2 is 1.89 bits per heavy atom. The number of aromatic amines is 1. The molecule has 0 saturated heterocycles. The number of esters is 2. The molecule has 2 heterocycles. The summed E-state index contributed by atoms with van der Waals surface area (Å²) in [6.45, 7) is 5.24. The lowest BCUT2D eigenvalue weighted by Crippen LogP contribution is -2.17. The summed E-state index contributed by atoms with van der Waals surface area (Å²) in [5.41, 5.74) is 0.0553. The van der Waals surface area contributed by atoms with E-state index in [4.69, 9.17) is 9.47 Å². The molecule has 0 radical (unpaired) electrons. The van der Waals surface area contributed by atoms with Crippen LogP contribution in [0.3, 0.4) is 0 Å². The molecule has 2 aromatic rings. The van der Waals surface area contributed by atoms with Gasteiger partial charge in [0.2, 0.25) is 5.91 Å². The molecule has 0 aliphatic heterocycles. The van der Waals surface area contributed by atoms with Crippen LogP contribution in [0.5, 0.6) is 0 Å². The maximum Gasteiger partial charge on any atom is 0.348 e. The molecule has 0 unspecified atom stereocenters. The number of amides is 1. The normalized spacial score (nSPS) is 10.4. The average Bonchev–Trinajstić information content (AvgIpc) is 2.96. The summed E-state index contributed by atoms with van der Waals surface area (Å²) >= 11 is 1.91. The van der Waals surface area contributed by atoms with Crippen LogP contribution < -0.4 is 10.9 Å². The highest BCUT2D eigenvalue weighted by Gasteiger charge is 2.27. The van der Waals surface area contributed by atoms with E-state index in [-0.39, 0.29) is 39.6 Å². The van der Waals surface area contributed by atoms with E-state index in [0.717, 1.165) is 29.3 Å². The molecule has 0 bridgehead atoms. The molecule has 0 saturated carbocycles. The summed E-state index contributed by atoms with van der Waals surface area (Å²) in [6, 6.07) is 0. The van der Waals surface area contributed by atoms with Crippen molar-refractivity contribution in [2.45, 2.75) is 25.9 Å². The predicted octanol–water partition coefficient (Wildman–Crippen LogP) is 1.62. The summed E-state index contributed by atoms with van der Waals surface area (Å²) < 4.78 is 10.0. The summed E-state index contributed by atoms with van der Waals surface area (Å²) in [7, 11) is 0. The molecule has 0 spiro atoms. The second-order valence-electron chi connectivity index (χ2n) is 5.18. The fraction of sp³-hybridized carbons (Fsp3) is 0.375. The Hall–Kier alpha value is -2.73. The lowest BCUT2D eigenvalue weighted by atomic mass is 10.1. The number of hydrogen-bond acceptors (Lipinski definition) is 10.